The van der Waals surface area contributed by atoms with Crippen LogP contribution in [0.5, 0.6) is 0 Å². The van der Waals surface area contributed by atoms with E-state index in [9.17, 15) is 8.42 Å². The van der Waals surface area contributed by atoms with E-state index in [-0.39, 0.29) is 10.7 Å². The fourth-order valence-corrected chi connectivity index (χ4v) is 3.29. The van der Waals surface area contributed by atoms with Crippen molar-refractivity contribution >= 4 is 15.9 Å². The first kappa shape index (κ1) is 15.5. The average Bonchev–Trinajstić information content (AvgIpc) is 2.34. The highest BCUT2D eigenvalue weighted by atomic mass is 32.2. The summed E-state index contributed by atoms with van der Waals surface area (Å²) in [6, 6.07) is 4.34. The Balaban J connectivity index is 3.11. The molecule has 1 rings (SSSR count). The fraction of sp³-hybridized carbons (Fsp3) is 0.417. The Morgan fingerprint density at radius 2 is 2.11 bits per heavy atom. The first-order chi connectivity index (χ1) is 8.81. The summed E-state index contributed by atoms with van der Waals surface area (Å²) in [5, 5.41) is 11.5. The number of oxime groups is 1. The Bertz CT molecular complexity index is 582. The van der Waals surface area contributed by atoms with Gasteiger partial charge in [0.2, 0.25) is 10.0 Å². The second-order valence-electron chi connectivity index (χ2n) is 4.38. The van der Waals surface area contributed by atoms with Gasteiger partial charge in [0.1, 0.15) is 0 Å². The van der Waals surface area contributed by atoms with E-state index in [2.05, 4.69) is 9.88 Å². The van der Waals surface area contributed by atoms with E-state index in [4.69, 9.17) is 10.9 Å². The second kappa shape index (κ2) is 6.03. The van der Waals surface area contributed by atoms with Crippen molar-refractivity contribution in [1.29, 1.82) is 0 Å². The van der Waals surface area contributed by atoms with Gasteiger partial charge in [0.15, 0.2) is 5.84 Å². The van der Waals surface area contributed by atoms with Crippen LogP contribution in [-0.2, 0) is 10.0 Å². The lowest BCUT2D eigenvalue weighted by atomic mass is 10.2. The summed E-state index contributed by atoms with van der Waals surface area (Å²) in [4.78, 5) is 0.197. The maximum absolute atomic E-state index is 12.3. The van der Waals surface area contributed by atoms with Crippen LogP contribution in [0.2, 0.25) is 0 Å². The van der Waals surface area contributed by atoms with Crippen molar-refractivity contribution in [1.82, 2.24) is 4.72 Å². The Labute approximate surface area is 113 Å². The quantitative estimate of drug-likeness (QED) is 0.326. The van der Waals surface area contributed by atoms with E-state index in [0.29, 0.717) is 12.0 Å². The van der Waals surface area contributed by atoms with Gasteiger partial charge in [-0.2, -0.15) is 0 Å². The molecule has 0 aliphatic heterocycles. The van der Waals surface area contributed by atoms with Crippen LogP contribution in [0.25, 0.3) is 0 Å². The van der Waals surface area contributed by atoms with Crippen molar-refractivity contribution in [3.63, 3.8) is 0 Å². The van der Waals surface area contributed by atoms with E-state index in [1.807, 2.05) is 6.92 Å². The molecule has 7 heteroatoms. The molecule has 0 saturated carbocycles. The number of rotatable bonds is 5. The maximum Gasteiger partial charge on any atom is 0.241 e. The lowest BCUT2D eigenvalue weighted by Gasteiger charge is -2.16. The van der Waals surface area contributed by atoms with Crippen LogP contribution in [0.3, 0.4) is 0 Å². The number of nitrogens with zero attached hydrogens (tertiary/aromatic N) is 1. The molecule has 4 N–H and O–H groups in total. The number of nitrogens with one attached hydrogen (secondary N) is 1. The number of nitrogens with two attached hydrogens (primary N) is 1. The molecule has 0 aliphatic carbocycles. The van der Waals surface area contributed by atoms with Gasteiger partial charge in [-0.1, -0.05) is 29.8 Å². The van der Waals surface area contributed by atoms with Gasteiger partial charge in [-0.3, -0.25) is 0 Å². The van der Waals surface area contributed by atoms with Crippen molar-refractivity contribution in [2.24, 2.45) is 10.9 Å². The SMILES string of the molecule is CCC(NS(=O)(=O)c1ccc(C)cc1C)/C(N)=N/O. The van der Waals surface area contributed by atoms with E-state index < -0.39 is 16.1 Å². The molecular weight excluding hydrogens is 266 g/mol. The molecule has 0 spiro atoms. The zero-order valence-corrected chi connectivity index (χ0v) is 12.0. The molecular formula is C12H19N3O3S. The summed E-state index contributed by atoms with van der Waals surface area (Å²) < 4.78 is 26.9. The highest BCUT2D eigenvalue weighted by Crippen LogP contribution is 2.17. The van der Waals surface area contributed by atoms with Crippen LogP contribution in [0.15, 0.2) is 28.3 Å². The van der Waals surface area contributed by atoms with Crippen LogP contribution in [-0.4, -0.2) is 25.5 Å². The third kappa shape index (κ3) is 3.68. The lowest BCUT2D eigenvalue weighted by Crippen LogP contribution is -2.44. The van der Waals surface area contributed by atoms with Crippen LogP contribution >= 0.6 is 0 Å². The molecule has 0 aliphatic rings. The molecule has 1 unspecified atom stereocenters. The predicted octanol–water partition coefficient (Wildman–Crippen LogP) is 1.11. The maximum atomic E-state index is 12.3. The molecule has 6 nitrogen and oxygen atoms in total. The molecule has 1 atom stereocenters. The summed E-state index contributed by atoms with van der Waals surface area (Å²) in [6.07, 6.45) is 0.389. The smallest absolute Gasteiger partial charge is 0.241 e. The van der Waals surface area contributed by atoms with Crippen LogP contribution in [0, 0.1) is 13.8 Å². The summed E-state index contributed by atoms with van der Waals surface area (Å²) in [5.41, 5.74) is 7.09. The number of aryl methyl sites for hydroxylation is 2. The van der Waals surface area contributed by atoms with E-state index in [0.717, 1.165) is 5.56 Å². The molecule has 0 saturated heterocycles. The molecule has 0 aromatic heterocycles. The molecule has 0 heterocycles. The Morgan fingerprint density at radius 3 is 2.58 bits per heavy atom. The molecule has 0 bridgehead atoms. The number of benzene rings is 1. The molecule has 0 fully saturated rings. The third-order valence-corrected chi connectivity index (χ3v) is 4.43. The van der Waals surface area contributed by atoms with Gasteiger partial charge >= 0.3 is 0 Å². The first-order valence-corrected chi connectivity index (χ1v) is 7.37. The molecule has 106 valence electrons. The highest BCUT2D eigenvalue weighted by molar-refractivity contribution is 7.89. The lowest BCUT2D eigenvalue weighted by molar-refractivity contribution is 0.315. The zero-order valence-electron chi connectivity index (χ0n) is 11.2. The van der Waals surface area contributed by atoms with Crippen molar-refractivity contribution in [2.75, 3.05) is 0 Å². The molecule has 1 aromatic carbocycles. The number of sulfonamides is 1. The van der Waals surface area contributed by atoms with Gasteiger partial charge in [-0.25, -0.2) is 13.1 Å². The Morgan fingerprint density at radius 1 is 1.47 bits per heavy atom. The molecule has 19 heavy (non-hydrogen) atoms. The average molecular weight is 285 g/mol. The molecule has 0 amide bonds. The first-order valence-electron chi connectivity index (χ1n) is 5.88. The van der Waals surface area contributed by atoms with Crippen molar-refractivity contribution < 1.29 is 13.6 Å². The minimum atomic E-state index is -3.70. The third-order valence-electron chi connectivity index (χ3n) is 2.80. The zero-order chi connectivity index (χ0) is 14.6. The van der Waals surface area contributed by atoms with Crippen LogP contribution in [0.1, 0.15) is 24.5 Å². The largest absolute Gasteiger partial charge is 0.409 e. The molecule has 1 aromatic rings. The highest BCUT2D eigenvalue weighted by Gasteiger charge is 2.23. The van der Waals surface area contributed by atoms with Gasteiger partial charge in [-0.05, 0) is 31.9 Å². The van der Waals surface area contributed by atoms with Gasteiger partial charge in [-0.15, -0.1) is 0 Å². The van der Waals surface area contributed by atoms with E-state index in [1.54, 1.807) is 32.0 Å². The summed E-state index contributed by atoms with van der Waals surface area (Å²) in [6.45, 7) is 5.36. The standard InChI is InChI=1S/C12H19N3O3S/c1-4-10(12(13)14-16)15-19(17,18)11-6-5-8(2)7-9(11)3/h5-7,10,15-16H,4H2,1-3H3,(H2,13,14). The number of hydrogen-bond acceptors (Lipinski definition) is 4. The van der Waals surface area contributed by atoms with Gasteiger partial charge in [0.25, 0.3) is 0 Å². The Kier molecular flexibility index (Phi) is 4.90. The monoisotopic (exact) mass is 285 g/mol. The van der Waals surface area contributed by atoms with Gasteiger partial charge in [0.05, 0.1) is 10.9 Å². The summed E-state index contributed by atoms with van der Waals surface area (Å²) in [7, 11) is -3.70. The summed E-state index contributed by atoms with van der Waals surface area (Å²) >= 11 is 0. The van der Waals surface area contributed by atoms with Crippen LogP contribution in [0.4, 0.5) is 0 Å². The van der Waals surface area contributed by atoms with Gasteiger partial charge in [0, 0.05) is 0 Å². The number of hydrogen-bond donors (Lipinski definition) is 3. The van der Waals surface area contributed by atoms with Crippen molar-refractivity contribution in [3.05, 3.63) is 29.3 Å². The minimum absolute atomic E-state index is 0.157. The van der Waals surface area contributed by atoms with Gasteiger partial charge < -0.3 is 10.9 Å². The molecule has 0 radical (unpaired) electrons. The Hall–Kier alpha value is -1.60. The van der Waals surface area contributed by atoms with E-state index in [1.165, 1.54) is 0 Å². The number of amidine groups is 1. The topological polar surface area (TPSA) is 105 Å². The second-order valence-corrected chi connectivity index (χ2v) is 6.06. The van der Waals surface area contributed by atoms with Crippen molar-refractivity contribution in [3.8, 4) is 0 Å². The van der Waals surface area contributed by atoms with E-state index >= 15 is 0 Å². The van der Waals surface area contributed by atoms with Crippen LogP contribution < -0.4 is 10.5 Å². The minimum Gasteiger partial charge on any atom is -0.409 e. The van der Waals surface area contributed by atoms with Crippen molar-refractivity contribution in [2.45, 2.75) is 38.1 Å². The predicted molar refractivity (Wildman–Crippen MR) is 73.7 cm³/mol. The summed E-state index contributed by atoms with van der Waals surface area (Å²) in [5.74, 6) is -0.157. The fourth-order valence-electron chi connectivity index (χ4n) is 1.77. The normalized spacial score (nSPS) is 14.4.